The van der Waals surface area contributed by atoms with E-state index in [0.29, 0.717) is 6.42 Å². The summed E-state index contributed by atoms with van der Waals surface area (Å²) in [6.07, 6.45) is 2.14. The van der Waals surface area contributed by atoms with Crippen molar-refractivity contribution in [1.29, 1.82) is 0 Å². The molecule has 3 aliphatic rings. The van der Waals surface area contributed by atoms with Crippen LogP contribution >= 0.6 is 11.8 Å². The maximum absolute atomic E-state index is 11.4. The first kappa shape index (κ1) is 10.2. The lowest BCUT2D eigenvalue weighted by molar-refractivity contribution is -0.145. The highest BCUT2D eigenvalue weighted by Crippen LogP contribution is 2.52. The third kappa shape index (κ3) is 1.23. The van der Waals surface area contributed by atoms with Crippen molar-refractivity contribution in [3.05, 3.63) is 10.6 Å². The molecule has 2 heterocycles. The molecule has 16 heavy (non-hydrogen) atoms. The molecular weight excluding hydrogens is 228 g/mol. The Hall–Kier alpha value is -1.01. The molecule has 0 spiro atoms. The highest BCUT2D eigenvalue weighted by molar-refractivity contribution is 8.04. The molecule has 2 fully saturated rings. The van der Waals surface area contributed by atoms with E-state index < -0.39 is 5.97 Å². The number of hydrogen-bond acceptors (Lipinski definition) is 4. The molecule has 1 aliphatic carbocycles. The number of rotatable bonds is 2. The number of fused-ring (bicyclic) bond motifs is 1. The Morgan fingerprint density at radius 3 is 2.69 bits per heavy atom. The minimum Gasteiger partial charge on any atom is -0.477 e. The Morgan fingerprint density at radius 1 is 1.50 bits per heavy atom. The van der Waals surface area contributed by atoms with Gasteiger partial charge >= 0.3 is 5.97 Å². The van der Waals surface area contributed by atoms with E-state index >= 15 is 0 Å². The van der Waals surface area contributed by atoms with E-state index in [1.807, 2.05) is 0 Å². The van der Waals surface area contributed by atoms with Crippen LogP contribution in [-0.4, -0.2) is 33.3 Å². The van der Waals surface area contributed by atoms with E-state index in [9.17, 15) is 9.59 Å². The highest BCUT2D eigenvalue weighted by Gasteiger charge is 2.50. The van der Waals surface area contributed by atoms with Gasteiger partial charge in [-0.05, 0) is 18.8 Å². The number of nitrogens with zero attached hydrogens (tertiary/aromatic N) is 1. The predicted octanol–water partition coefficient (Wildman–Crippen LogP) is 0.325. The van der Waals surface area contributed by atoms with Crippen LogP contribution in [0.3, 0.4) is 0 Å². The average molecular weight is 240 g/mol. The topological polar surface area (TPSA) is 83.6 Å². The molecule has 0 bridgehead atoms. The molecular formula is C10H12N2O3S. The second-order valence-electron chi connectivity index (χ2n) is 4.49. The first-order valence-corrected chi connectivity index (χ1v) is 6.17. The molecule has 2 aliphatic heterocycles. The molecule has 0 radical (unpaired) electrons. The molecule has 0 unspecified atom stereocenters. The number of allylic oxidation sites excluding steroid dienone is 1. The summed E-state index contributed by atoms with van der Waals surface area (Å²) in [5.74, 6) is -0.809. The molecule has 0 aromatic carbocycles. The van der Waals surface area contributed by atoms with Crippen LogP contribution in [0.1, 0.15) is 19.3 Å². The van der Waals surface area contributed by atoms with Crippen LogP contribution in [0, 0.1) is 5.92 Å². The van der Waals surface area contributed by atoms with Crippen LogP contribution < -0.4 is 5.73 Å². The van der Waals surface area contributed by atoms with Gasteiger partial charge in [0.25, 0.3) is 0 Å². The Labute approximate surface area is 96.7 Å². The maximum atomic E-state index is 11.4. The summed E-state index contributed by atoms with van der Waals surface area (Å²) >= 11 is 1.53. The van der Waals surface area contributed by atoms with Gasteiger partial charge in [0.2, 0.25) is 5.91 Å². The van der Waals surface area contributed by atoms with Crippen molar-refractivity contribution in [2.24, 2.45) is 11.7 Å². The minimum absolute atomic E-state index is 0.0328. The van der Waals surface area contributed by atoms with Gasteiger partial charge < -0.3 is 10.8 Å². The molecule has 86 valence electrons. The fraction of sp³-hybridized carbons (Fsp3) is 0.600. The number of amides is 1. The maximum Gasteiger partial charge on any atom is 0.353 e. The second kappa shape index (κ2) is 3.24. The summed E-state index contributed by atoms with van der Waals surface area (Å²) in [5.41, 5.74) is 5.92. The molecule has 1 atom stereocenters. The molecule has 3 N–H and O–H groups in total. The van der Waals surface area contributed by atoms with Gasteiger partial charge in [-0.15, -0.1) is 11.8 Å². The van der Waals surface area contributed by atoms with Crippen molar-refractivity contribution in [2.75, 3.05) is 0 Å². The molecule has 0 aromatic rings. The first-order chi connectivity index (χ1) is 7.58. The SMILES string of the molecule is N[C@H]1C[C@@H](C2=C(C(=O)O)N3C(=O)C[C@@H]3S2)C1. The number of aliphatic carboxylic acids is 1. The zero-order chi connectivity index (χ0) is 11.4. The van der Waals surface area contributed by atoms with E-state index in [0.717, 1.165) is 17.7 Å². The van der Waals surface area contributed by atoms with Gasteiger partial charge in [-0.1, -0.05) is 0 Å². The van der Waals surface area contributed by atoms with Crippen molar-refractivity contribution in [3.8, 4) is 0 Å². The summed E-state index contributed by atoms with van der Waals surface area (Å²) in [6, 6.07) is 0.192. The van der Waals surface area contributed by atoms with E-state index in [1.165, 1.54) is 16.7 Å². The van der Waals surface area contributed by atoms with Crippen LogP contribution in [0.15, 0.2) is 10.6 Å². The van der Waals surface area contributed by atoms with E-state index in [1.54, 1.807) is 0 Å². The van der Waals surface area contributed by atoms with Crippen molar-refractivity contribution < 1.29 is 14.7 Å². The van der Waals surface area contributed by atoms with E-state index in [-0.39, 0.29) is 28.9 Å². The number of carbonyl (C=O) groups is 2. The zero-order valence-electron chi connectivity index (χ0n) is 8.55. The van der Waals surface area contributed by atoms with Crippen LogP contribution in [-0.2, 0) is 9.59 Å². The molecule has 1 amide bonds. The van der Waals surface area contributed by atoms with Crippen molar-refractivity contribution in [1.82, 2.24) is 4.90 Å². The quantitative estimate of drug-likeness (QED) is 0.679. The number of thioether (sulfide) groups is 1. The average Bonchev–Trinajstić information content (AvgIpc) is 2.46. The Morgan fingerprint density at radius 2 is 2.19 bits per heavy atom. The van der Waals surface area contributed by atoms with Crippen LogP contribution in [0.5, 0.6) is 0 Å². The summed E-state index contributed by atoms with van der Waals surface area (Å²) < 4.78 is 0. The van der Waals surface area contributed by atoms with E-state index in [2.05, 4.69) is 0 Å². The molecule has 1 saturated heterocycles. The summed E-state index contributed by atoms with van der Waals surface area (Å²) in [5, 5.41) is 9.19. The minimum atomic E-state index is -0.987. The Kier molecular flexibility index (Phi) is 2.06. The van der Waals surface area contributed by atoms with Crippen molar-refractivity contribution in [3.63, 3.8) is 0 Å². The molecule has 0 aromatic heterocycles. The van der Waals surface area contributed by atoms with Gasteiger partial charge in [-0.2, -0.15) is 0 Å². The third-order valence-electron chi connectivity index (χ3n) is 3.39. The zero-order valence-corrected chi connectivity index (χ0v) is 9.37. The number of nitrogens with two attached hydrogens (primary N) is 1. The van der Waals surface area contributed by atoms with E-state index in [4.69, 9.17) is 10.8 Å². The van der Waals surface area contributed by atoms with Crippen molar-refractivity contribution >= 4 is 23.6 Å². The standard InChI is InChI=1S/C10H12N2O3S/c11-5-1-4(2-5)9-8(10(14)15)12-6(13)3-7(12)16-9/h4-5,7H,1-3,11H2,(H,14,15)/t4-,5+,7-/m0/s1. The highest BCUT2D eigenvalue weighted by atomic mass is 32.2. The predicted molar refractivity (Wildman–Crippen MR) is 58.2 cm³/mol. The summed E-state index contributed by atoms with van der Waals surface area (Å²) in [7, 11) is 0. The fourth-order valence-electron chi connectivity index (χ4n) is 2.45. The Bertz CT molecular complexity index is 414. The van der Waals surface area contributed by atoms with Gasteiger partial charge in [0, 0.05) is 10.9 Å². The summed E-state index contributed by atoms with van der Waals surface area (Å²) in [4.78, 5) is 24.8. The number of β-lactam (4-membered cyclic amide) rings is 1. The first-order valence-electron chi connectivity index (χ1n) is 5.29. The lowest BCUT2D eigenvalue weighted by Gasteiger charge is -2.33. The third-order valence-corrected chi connectivity index (χ3v) is 4.82. The van der Waals surface area contributed by atoms with Gasteiger partial charge in [0.05, 0.1) is 11.8 Å². The van der Waals surface area contributed by atoms with Crippen LogP contribution in [0.2, 0.25) is 0 Å². The number of carboxylic acid groups (broad SMARTS) is 1. The smallest absolute Gasteiger partial charge is 0.353 e. The number of carbonyl (C=O) groups excluding carboxylic acids is 1. The molecule has 3 rings (SSSR count). The lowest BCUT2D eigenvalue weighted by Crippen LogP contribution is -2.48. The fourth-order valence-corrected chi connectivity index (χ4v) is 3.97. The van der Waals surface area contributed by atoms with Crippen molar-refractivity contribution in [2.45, 2.75) is 30.7 Å². The lowest BCUT2D eigenvalue weighted by atomic mass is 9.80. The van der Waals surface area contributed by atoms with Gasteiger partial charge in [0.15, 0.2) is 0 Å². The largest absolute Gasteiger partial charge is 0.477 e. The van der Waals surface area contributed by atoms with Gasteiger partial charge in [-0.3, -0.25) is 9.69 Å². The molecule has 1 saturated carbocycles. The molecule has 5 nitrogen and oxygen atoms in total. The number of carboxylic acids is 1. The van der Waals surface area contributed by atoms with Crippen LogP contribution in [0.25, 0.3) is 0 Å². The van der Waals surface area contributed by atoms with Gasteiger partial charge in [-0.25, -0.2) is 4.79 Å². The van der Waals surface area contributed by atoms with Gasteiger partial charge in [0.1, 0.15) is 5.70 Å². The second-order valence-corrected chi connectivity index (χ2v) is 5.71. The molecule has 6 heteroatoms. The summed E-state index contributed by atoms with van der Waals surface area (Å²) in [6.45, 7) is 0. The number of hydrogen-bond donors (Lipinski definition) is 2. The normalized spacial score (nSPS) is 36.9. The Balaban J connectivity index is 1.90. The monoisotopic (exact) mass is 240 g/mol. The van der Waals surface area contributed by atoms with Crippen LogP contribution in [0.4, 0.5) is 0 Å².